The summed E-state index contributed by atoms with van der Waals surface area (Å²) in [6.07, 6.45) is -0.429. The highest BCUT2D eigenvalue weighted by atomic mass is 32.2. The molecule has 1 saturated heterocycles. The molecule has 0 radical (unpaired) electrons. The highest BCUT2D eigenvalue weighted by molar-refractivity contribution is 8.00. The van der Waals surface area contributed by atoms with Crippen molar-refractivity contribution in [3.63, 3.8) is 0 Å². The van der Waals surface area contributed by atoms with Crippen molar-refractivity contribution in [1.82, 2.24) is 0 Å². The summed E-state index contributed by atoms with van der Waals surface area (Å²) in [5.74, 6) is 0. The molecule has 0 spiro atoms. The van der Waals surface area contributed by atoms with Crippen LogP contribution >= 0.6 is 11.8 Å². The third kappa shape index (κ3) is 4.76. The molecule has 1 N–H and O–H groups in total. The van der Waals surface area contributed by atoms with Crippen molar-refractivity contribution in [2.45, 2.75) is 36.5 Å². The Morgan fingerprint density at radius 1 is 1.42 bits per heavy atom. The Kier molecular flexibility index (Phi) is 4.37. The van der Waals surface area contributed by atoms with E-state index >= 15 is 0 Å². The van der Waals surface area contributed by atoms with Gasteiger partial charge in [-0.1, -0.05) is 6.07 Å². The van der Waals surface area contributed by atoms with Gasteiger partial charge in [-0.05, 0) is 39.0 Å². The number of benzene rings is 1. The van der Waals surface area contributed by atoms with Gasteiger partial charge in [-0.25, -0.2) is 4.79 Å². The highest BCUT2D eigenvalue weighted by Gasteiger charge is 2.20. The van der Waals surface area contributed by atoms with E-state index in [1.165, 1.54) is 0 Å². The Balaban J connectivity index is 1.92. The van der Waals surface area contributed by atoms with E-state index in [4.69, 9.17) is 9.47 Å². The Morgan fingerprint density at radius 2 is 2.16 bits per heavy atom. The monoisotopic (exact) mass is 281 g/mol. The number of thioether (sulfide) groups is 1. The first-order valence-corrected chi connectivity index (χ1v) is 7.15. The number of amides is 1. The molecule has 0 bridgehead atoms. The summed E-state index contributed by atoms with van der Waals surface area (Å²) in [7, 11) is 0. The van der Waals surface area contributed by atoms with Gasteiger partial charge in [0, 0.05) is 10.6 Å². The molecule has 0 aromatic heterocycles. The lowest BCUT2D eigenvalue weighted by atomic mass is 10.2. The fourth-order valence-corrected chi connectivity index (χ4v) is 2.61. The summed E-state index contributed by atoms with van der Waals surface area (Å²) < 4.78 is 10.4. The fraction of sp³-hybridized carbons (Fsp3) is 0.500. The molecule has 0 saturated carbocycles. The van der Waals surface area contributed by atoms with Crippen molar-refractivity contribution in [2.75, 3.05) is 18.5 Å². The third-order valence-electron chi connectivity index (χ3n) is 2.39. The lowest BCUT2D eigenvalue weighted by Gasteiger charge is -2.25. The number of rotatable bonds is 3. The summed E-state index contributed by atoms with van der Waals surface area (Å²) >= 11 is 1.77. The van der Waals surface area contributed by atoms with Crippen LogP contribution in [0.1, 0.15) is 20.8 Å². The normalized spacial score (nSPS) is 15.7. The van der Waals surface area contributed by atoms with Crippen molar-refractivity contribution in [3.8, 4) is 0 Å². The summed E-state index contributed by atoms with van der Waals surface area (Å²) in [5.41, 5.74) is 0.263. The van der Waals surface area contributed by atoms with Gasteiger partial charge in [0.25, 0.3) is 0 Å². The molecule has 1 amide bonds. The van der Waals surface area contributed by atoms with E-state index in [9.17, 15) is 4.79 Å². The van der Waals surface area contributed by atoms with Gasteiger partial charge in [0.05, 0.1) is 18.5 Å². The Morgan fingerprint density at radius 3 is 2.74 bits per heavy atom. The summed E-state index contributed by atoms with van der Waals surface area (Å²) in [5, 5.41) is 3.27. The third-order valence-corrected chi connectivity index (χ3v) is 3.52. The van der Waals surface area contributed by atoms with Crippen molar-refractivity contribution < 1.29 is 14.3 Å². The molecule has 5 heteroatoms. The Labute approximate surface area is 117 Å². The van der Waals surface area contributed by atoms with E-state index in [0.29, 0.717) is 5.25 Å². The highest BCUT2D eigenvalue weighted by Crippen LogP contribution is 2.29. The topological polar surface area (TPSA) is 47.6 Å². The molecular weight excluding hydrogens is 262 g/mol. The average molecular weight is 281 g/mol. The summed E-state index contributed by atoms with van der Waals surface area (Å²) in [6, 6.07) is 7.76. The van der Waals surface area contributed by atoms with E-state index < -0.39 is 11.7 Å². The molecule has 19 heavy (non-hydrogen) atoms. The number of hydrogen-bond acceptors (Lipinski definition) is 4. The fourth-order valence-electron chi connectivity index (χ4n) is 1.54. The van der Waals surface area contributed by atoms with Gasteiger partial charge in [0.15, 0.2) is 0 Å². The van der Waals surface area contributed by atoms with Crippen LogP contribution < -0.4 is 5.32 Å². The first-order valence-electron chi connectivity index (χ1n) is 6.27. The van der Waals surface area contributed by atoms with Crippen molar-refractivity contribution >= 4 is 23.5 Å². The van der Waals surface area contributed by atoms with Crippen LogP contribution in [0.5, 0.6) is 0 Å². The molecule has 1 aliphatic heterocycles. The van der Waals surface area contributed by atoms with Crippen LogP contribution in [0.3, 0.4) is 0 Å². The maximum absolute atomic E-state index is 11.7. The molecule has 1 aromatic carbocycles. The van der Waals surface area contributed by atoms with Crippen molar-refractivity contribution in [2.24, 2.45) is 0 Å². The first-order chi connectivity index (χ1) is 8.92. The predicted octanol–water partition coefficient (Wildman–Crippen LogP) is 3.52. The van der Waals surface area contributed by atoms with E-state index in [-0.39, 0.29) is 0 Å². The van der Waals surface area contributed by atoms with E-state index in [0.717, 1.165) is 23.8 Å². The van der Waals surface area contributed by atoms with Crippen LogP contribution in [0.4, 0.5) is 10.5 Å². The Bertz CT molecular complexity index is 452. The van der Waals surface area contributed by atoms with Gasteiger partial charge in [0.2, 0.25) is 0 Å². The van der Waals surface area contributed by atoms with Gasteiger partial charge in [-0.2, -0.15) is 0 Å². The minimum Gasteiger partial charge on any atom is -0.444 e. The van der Waals surface area contributed by atoms with E-state index in [2.05, 4.69) is 5.32 Å². The minimum absolute atomic E-state index is 0.429. The zero-order valence-electron chi connectivity index (χ0n) is 11.4. The Hall–Kier alpha value is -1.20. The second kappa shape index (κ2) is 5.84. The van der Waals surface area contributed by atoms with Crippen molar-refractivity contribution in [1.29, 1.82) is 0 Å². The van der Waals surface area contributed by atoms with Crippen LogP contribution in [0.25, 0.3) is 0 Å². The number of ether oxygens (including phenoxy) is 2. The van der Waals surface area contributed by atoms with Crippen LogP contribution in [0.2, 0.25) is 0 Å². The van der Waals surface area contributed by atoms with Crippen LogP contribution in [-0.2, 0) is 9.47 Å². The molecule has 0 atom stereocenters. The number of anilines is 1. The number of carbonyl (C=O) groups is 1. The molecule has 0 aliphatic carbocycles. The SMILES string of the molecule is CC(C)(C)OC(=O)Nc1cccc(SC2COC2)c1. The predicted molar refractivity (Wildman–Crippen MR) is 76.8 cm³/mol. The first kappa shape index (κ1) is 14.2. The average Bonchev–Trinajstić information content (AvgIpc) is 2.21. The minimum atomic E-state index is -0.486. The molecule has 0 unspecified atom stereocenters. The number of hydrogen-bond donors (Lipinski definition) is 1. The lowest BCUT2D eigenvalue weighted by molar-refractivity contribution is 0.0455. The lowest BCUT2D eigenvalue weighted by Crippen LogP contribution is -2.30. The molecule has 2 rings (SSSR count). The van der Waals surface area contributed by atoms with Gasteiger partial charge in [-0.15, -0.1) is 11.8 Å². The largest absolute Gasteiger partial charge is 0.444 e. The second-order valence-corrected chi connectivity index (χ2v) is 6.81. The quantitative estimate of drug-likeness (QED) is 0.920. The van der Waals surface area contributed by atoms with Crippen LogP contribution in [-0.4, -0.2) is 30.2 Å². The van der Waals surface area contributed by atoms with E-state index in [1.54, 1.807) is 11.8 Å². The van der Waals surface area contributed by atoms with Gasteiger partial charge in [0.1, 0.15) is 5.60 Å². The standard InChI is InChI=1S/C14H19NO3S/c1-14(2,3)18-13(16)15-10-5-4-6-11(7-10)19-12-8-17-9-12/h4-7,12H,8-9H2,1-3H3,(H,15,16). The van der Waals surface area contributed by atoms with Gasteiger partial charge in [-0.3, -0.25) is 5.32 Å². The van der Waals surface area contributed by atoms with Crippen LogP contribution in [0, 0.1) is 0 Å². The smallest absolute Gasteiger partial charge is 0.412 e. The van der Waals surface area contributed by atoms with Crippen LogP contribution in [0.15, 0.2) is 29.2 Å². The zero-order valence-corrected chi connectivity index (χ0v) is 12.3. The summed E-state index contributed by atoms with van der Waals surface area (Å²) in [4.78, 5) is 12.8. The maximum atomic E-state index is 11.7. The van der Waals surface area contributed by atoms with E-state index in [1.807, 2.05) is 45.0 Å². The number of nitrogens with one attached hydrogen (secondary N) is 1. The maximum Gasteiger partial charge on any atom is 0.412 e. The van der Waals surface area contributed by atoms with Gasteiger partial charge >= 0.3 is 6.09 Å². The molecule has 4 nitrogen and oxygen atoms in total. The zero-order chi connectivity index (χ0) is 13.9. The molecule has 1 heterocycles. The molecule has 104 valence electrons. The second-order valence-electron chi connectivity index (χ2n) is 5.43. The molecular formula is C14H19NO3S. The van der Waals surface area contributed by atoms with Crippen molar-refractivity contribution in [3.05, 3.63) is 24.3 Å². The molecule has 1 aromatic rings. The summed E-state index contributed by atoms with van der Waals surface area (Å²) in [6.45, 7) is 7.13. The van der Waals surface area contributed by atoms with Gasteiger partial charge < -0.3 is 9.47 Å². The molecule has 1 fully saturated rings. The molecule has 1 aliphatic rings. The number of carbonyl (C=O) groups excluding carboxylic acids is 1.